The Labute approximate surface area is 101 Å². The summed E-state index contributed by atoms with van der Waals surface area (Å²) in [5.41, 5.74) is 7.55. The van der Waals surface area contributed by atoms with Gasteiger partial charge in [0.1, 0.15) is 0 Å². The minimum atomic E-state index is 0.197. The van der Waals surface area contributed by atoms with Crippen LogP contribution >= 0.6 is 0 Å². The fourth-order valence-corrected chi connectivity index (χ4v) is 2.01. The molecular formula is C12H18N4O. The Morgan fingerprint density at radius 1 is 1.59 bits per heavy atom. The molecule has 5 heteroatoms. The second-order valence-electron chi connectivity index (χ2n) is 4.86. The number of nitrogens with zero attached hydrogens (tertiary/aromatic N) is 3. The van der Waals surface area contributed by atoms with Crippen LogP contribution in [0.5, 0.6) is 0 Å². The third kappa shape index (κ3) is 2.72. The van der Waals surface area contributed by atoms with Gasteiger partial charge in [-0.05, 0) is 17.9 Å². The summed E-state index contributed by atoms with van der Waals surface area (Å²) in [6.45, 7) is 5.42. The van der Waals surface area contributed by atoms with Crippen molar-refractivity contribution in [1.29, 1.82) is 0 Å². The van der Waals surface area contributed by atoms with Gasteiger partial charge in [0.2, 0.25) is 11.9 Å². The van der Waals surface area contributed by atoms with Gasteiger partial charge in [0.05, 0.1) is 12.2 Å². The molecule has 2 N–H and O–H groups in total. The zero-order valence-corrected chi connectivity index (χ0v) is 10.3. The van der Waals surface area contributed by atoms with E-state index in [-0.39, 0.29) is 11.9 Å². The fraction of sp³-hybridized carbons (Fsp3) is 0.583. The molecule has 0 radical (unpaired) electrons. The fourth-order valence-electron chi connectivity index (χ4n) is 2.01. The van der Waals surface area contributed by atoms with Crippen molar-refractivity contribution in [3.63, 3.8) is 0 Å². The quantitative estimate of drug-likeness (QED) is 0.828. The maximum absolute atomic E-state index is 12.0. The van der Waals surface area contributed by atoms with Crippen LogP contribution in [0, 0.1) is 5.92 Å². The number of anilines is 1. The minimum absolute atomic E-state index is 0.197. The molecule has 5 nitrogen and oxygen atoms in total. The zero-order chi connectivity index (χ0) is 12.4. The highest BCUT2D eigenvalue weighted by Gasteiger charge is 2.22. The van der Waals surface area contributed by atoms with Crippen LogP contribution in [0.3, 0.4) is 0 Å². The number of carbonyl (C=O) groups is 1. The average molecular weight is 234 g/mol. The summed E-state index contributed by atoms with van der Waals surface area (Å²) in [7, 11) is 0. The number of nitrogen functional groups attached to an aromatic ring is 1. The summed E-state index contributed by atoms with van der Waals surface area (Å²) in [5.74, 6) is 0.865. The molecule has 1 aliphatic rings. The third-order valence-corrected chi connectivity index (χ3v) is 2.90. The second kappa shape index (κ2) is 4.69. The van der Waals surface area contributed by atoms with Gasteiger partial charge in [0.25, 0.3) is 0 Å². The Balaban J connectivity index is 2.10. The van der Waals surface area contributed by atoms with E-state index in [1.54, 1.807) is 6.20 Å². The second-order valence-corrected chi connectivity index (χ2v) is 4.86. The molecule has 0 aromatic carbocycles. The standard InChI is InChI=1S/C12H18N4O/c1-8(2)5-11(17)16-4-3-9-6-14-12(13)15-10(9)7-16/h6,8H,3-5,7H2,1-2H3,(H2,13,14,15). The minimum Gasteiger partial charge on any atom is -0.368 e. The highest BCUT2D eigenvalue weighted by Crippen LogP contribution is 2.18. The number of aromatic nitrogens is 2. The van der Waals surface area contributed by atoms with E-state index in [4.69, 9.17) is 5.73 Å². The first-order chi connectivity index (χ1) is 8.06. The predicted octanol–water partition coefficient (Wildman–Crippen LogP) is 0.990. The van der Waals surface area contributed by atoms with Crippen molar-refractivity contribution in [2.75, 3.05) is 12.3 Å². The molecule has 0 spiro atoms. The van der Waals surface area contributed by atoms with Gasteiger partial charge in [-0.2, -0.15) is 0 Å². The molecular weight excluding hydrogens is 216 g/mol. The largest absolute Gasteiger partial charge is 0.368 e. The van der Waals surface area contributed by atoms with Crippen molar-refractivity contribution in [1.82, 2.24) is 14.9 Å². The average Bonchev–Trinajstić information content (AvgIpc) is 2.27. The first kappa shape index (κ1) is 11.8. The molecule has 17 heavy (non-hydrogen) atoms. The van der Waals surface area contributed by atoms with E-state index in [1.807, 2.05) is 4.90 Å². The van der Waals surface area contributed by atoms with Crippen molar-refractivity contribution in [2.24, 2.45) is 5.92 Å². The molecule has 2 heterocycles. The molecule has 2 rings (SSSR count). The molecule has 0 saturated carbocycles. The van der Waals surface area contributed by atoms with Gasteiger partial charge in [-0.15, -0.1) is 0 Å². The molecule has 1 aromatic heterocycles. The zero-order valence-electron chi connectivity index (χ0n) is 10.3. The highest BCUT2D eigenvalue weighted by molar-refractivity contribution is 5.76. The molecule has 1 amide bonds. The van der Waals surface area contributed by atoms with Crippen molar-refractivity contribution >= 4 is 11.9 Å². The van der Waals surface area contributed by atoms with Crippen LogP contribution in [-0.2, 0) is 17.8 Å². The Bertz CT molecular complexity index is 431. The SMILES string of the molecule is CC(C)CC(=O)N1CCc2cnc(N)nc2C1. The molecule has 0 aliphatic carbocycles. The molecule has 1 aliphatic heterocycles. The molecule has 0 fully saturated rings. The van der Waals surface area contributed by atoms with Gasteiger partial charge in [-0.3, -0.25) is 4.79 Å². The van der Waals surface area contributed by atoms with Crippen molar-refractivity contribution in [2.45, 2.75) is 33.2 Å². The van der Waals surface area contributed by atoms with Crippen molar-refractivity contribution < 1.29 is 4.79 Å². The third-order valence-electron chi connectivity index (χ3n) is 2.90. The predicted molar refractivity (Wildman–Crippen MR) is 65.0 cm³/mol. The van der Waals surface area contributed by atoms with Crippen LogP contribution < -0.4 is 5.73 Å². The lowest BCUT2D eigenvalue weighted by atomic mass is 10.0. The highest BCUT2D eigenvalue weighted by atomic mass is 16.2. The van der Waals surface area contributed by atoms with Crippen LogP contribution in [0.4, 0.5) is 5.95 Å². The van der Waals surface area contributed by atoms with Gasteiger partial charge >= 0.3 is 0 Å². The van der Waals surface area contributed by atoms with Gasteiger partial charge in [-0.1, -0.05) is 13.8 Å². The maximum Gasteiger partial charge on any atom is 0.223 e. The summed E-state index contributed by atoms with van der Waals surface area (Å²) in [6.07, 6.45) is 3.18. The lowest BCUT2D eigenvalue weighted by Gasteiger charge is -2.28. The monoisotopic (exact) mass is 234 g/mol. The van der Waals surface area contributed by atoms with E-state index in [1.165, 1.54) is 0 Å². The van der Waals surface area contributed by atoms with E-state index < -0.39 is 0 Å². The van der Waals surface area contributed by atoms with Crippen LogP contribution in [0.2, 0.25) is 0 Å². The Hall–Kier alpha value is -1.65. The molecule has 0 atom stereocenters. The van der Waals surface area contributed by atoms with Crippen molar-refractivity contribution in [3.05, 3.63) is 17.5 Å². The maximum atomic E-state index is 12.0. The van der Waals surface area contributed by atoms with E-state index in [0.29, 0.717) is 18.9 Å². The number of nitrogens with two attached hydrogens (primary N) is 1. The lowest BCUT2D eigenvalue weighted by Crippen LogP contribution is -2.37. The Kier molecular flexibility index (Phi) is 3.26. The van der Waals surface area contributed by atoms with Gasteiger partial charge < -0.3 is 10.6 Å². The van der Waals surface area contributed by atoms with Gasteiger partial charge in [0.15, 0.2) is 0 Å². The van der Waals surface area contributed by atoms with E-state index in [2.05, 4.69) is 23.8 Å². The number of hydrogen-bond donors (Lipinski definition) is 1. The summed E-state index contributed by atoms with van der Waals surface area (Å²) < 4.78 is 0. The molecule has 0 unspecified atom stereocenters. The van der Waals surface area contributed by atoms with Crippen LogP contribution in [-0.4, -0.2) is 27.3 Å². The lowest BCUT2D eigenvalue weighted by molar-refractivity contribution is -0.132. The Morgan fingerprint density at radius 2 is 2.35 bits per heavy atom. The first-order valence-electron chi connectivity index (χ1n) is 5.94. The Morgan fingerprint density at radius 3 is 3.06 bits per heavy atom. The number of carbonyl (C=O) groups excluding carboxylic acids is 1. The van der Waals surface area contributed by atoms with E-state index in [9.17, 15) is 4.79 Å². The summed E-state index contributed by atoms with van der Waals surface area (Å²) in [6, 6.07) is 0. The number of amides is 1. The number of rotatable bonds is 2. The number of fused-ring (bicyclic) bond motifs is 1. The summed E-state index contributed by atoms with van der Waals surface area (Å²) >= 11 is 0. The first-order valence-corrected chi connectivity index (χ1v) is 5.94. The van der Waals surface area contributed by atoms with Gasteiger partial charge in [-0.25, -0.2) is 9.97 Å². The van der Waals surface area contributed by atoms with E-state index in [0.717, 1.165) is 24.2 Å². The van der Waals surface area contributed by atoms with Gasteiger partial charge in [0, 0.05) is 19.2 Å². The van der Waals surface area contributed by atoms with Crippen molar-refractivity contribution in [3.8, 4) is 0 Å². The van der Waals surface area contributed by atoms with Crippen LogP contribution in [0.1, 0.15) is 31.5 Å². The topological polar surface area (TPSA) is 72.1 Å². The number of hydrogen-bond acceptors (Lipinski definition) is 4. The van der Waals surface area contributed by atoms with E-state index >= 15 is 0 Å². The molecule has 92 valence electrons. The van der Waals surface area contributed by atoms with Crippen LogP contribution in [0.15, 0.2) is 6.20 Å². The summed E-state index contributed by atoms with van der Waals surface area (Å²) in [5, 5.41) is 0. The smallest absolute Gasteiger partial charge is 0.223 e. The molecule has 0 bridgehead atoms. The molecule has 1 aromatic rings. The molecule has 0 saturated heterocycles. The van der Waals surface area contributed by atoms with Crippen LogP contribution in [0.25, 0.3) is 0 Å². The normalized spacial score (nSPS) is 14.9. The summed E-state index contributed by atoms with van der Waals surface area (Å²) in [4.78, 5) is 22.0.